The zero-order valence-electron chi connectivity index (χ0n) is 14.3. The molecule has 0 amide bonds. The van der Waals surface area contributed by atoms with E-state index in [1.54, 1.807) is 0 Å². The standard InChI is InChI=1S/C20H23N3OS/c24-17(16-4-2-1-3-5-16)12-25-19-21-18(22-23-19)20-9-13-6-14(10-20)8-15(7-13)11-20/h1-5,13-15H,6-12H2,(H,21,22,23). The van der Waals surface area contributed by atoms with Crippen LogP contribution >= 0.6 is 11.8 Å². The van der Waals surface area contributed by atoms with Crippen molar-refractivity contribution in [2.45, 2.75) is 49.1 Å². The first-order valence-electron chi connectivity index (χ1n) is 9.34. The number of aromatic nitrogens is 3. The van der Waals surface area contributed by atoms with Crippen LogP contribution < -0.4 is 0 Å². The van der Waals surface area contributed by atoms with Gasteiger partial charge >= 0.3 is 0 Å². The van der Waals surface area contributed by atoms with Gasteiger partial charge < -0.3 is 0 Å². The van der Waals surface area contributed by atoms with Gasteiger partial charge in [-0.25, -0.2) is 4.98 Å². The fraction of sp³-hybridized carbons (Fsp3) is 0.550. The first kappa shape index (κ1) is 15.6. The molecule has 4 aliphatic carbocycles. The fourth-order valence-electron chi connectivity index (χ4n) is 5.79. The second-order valence-corrected chi connectivity index (χ2v) is 9.18. The molecule has 0 unspecified atom stereocenters. The summed E-state index contributed by atoms with van der Waals surface area (Å²) < 4.78 is 0. The van der Waals surface area contributed by atoms with Crippen LogP contribution in [0.3, 0.4) is 0 Å². The van der Waals surface area contributed by atoms with Crippen molar-refractivity contribution in [3.63, 3.8) is 0 Å². The number of ketones is 1. The molecule has 1 N–H and O–H groups in total. The molecule has 4 bridgehead atoms. The predicted octanol–water partition coefficient (Wildman–Crippen LogP) is 4.25. The monoisotopic (exact) mass is 353 g/mol. The SMILES string of the molecule is O=C(CSc1n[nH]c(C23CC4CC(CC(C4)C2)C3)n1)c1ccccc1. The third-order valence-corrected chi connectivity index (χ3v) is 7.28. The Morgan fingerprint density at radius 3 is 2.36 bits per heavy atom. The van der Waals surface area contributed by atoms with Gasteiger partial charge in [-0.2, -0.15) is 0 Å². The highest BCUT2D eigenvalue weighted by Crippen LogP contribution is 2.60. The van der Waals surface area contributed by atoms with E-state index < -0.39 is 0 Å². The average Bonchev–Trinajstić information content (AvgIpc) is 3.09. The lowest BCUT2D eigenvalue weighted by Gasteiger charge is -2.55. The Kier molecular flexibility index (Phi) is 3.73. The Bertz CT molecular complexity index is 750. The van der Waals surface area contributed by atoms with Crippen molar-refractivity contribution in [2.75, 3.05) is 5.75 Å². The zero-order valence-corrected chi connectivity index (χ0v) is 15.1. The van der Waals surface area contributed by atoms with E-state index in [0.29, 0.717) is 5.75 Å². The topological polar surface area (TPSA) is 58.6 Å². The maximum atomic E-state index is 12.3. The van der Waals surface area contributed by atoms with Gasteiger partial charge in [0.05, 0.1) is 5.75 Å². The largest absolute Gasteiger partial charge is 0.293 e. The minimum Gasteiger partial charge on any atom is -0.293 e. The predicted molar refractivity (Wildman–Crippen MR) is 97.7 cm³/mol. The van der Waals surface area contributed by atoms with Crippen LogP contribution in [0.2, 0.25) is 0 Å². The molecule has 0 spiro atoms. The van der Waals surface area contributed by atoms with E-state index in [2.05, 4.69) is 10.2 Å². The van der Waals surface area contributed by atoms with Gasteiger partial charge in [0.1, 0.15) is 5.82 Å². The number of H-pyrrole nitrogens is 1. The van der Waals surface area contributed by atoms with Crippen molar-refractivity contribution in [1.82, 2.24) is 15.2 Å². The number of rotatable bonds is 5. The second-order valence-electron chi connectivity index (χ2n) is 8.24. The highest BCUT2D eigenvalue weighted by molar-refractivity contribution is 7.99. The van der Waals surface area contributed by atoms with Crippen molar-refractivity contribution in [2.24, 2.45) is 17.8 Å². The Morgan fingerprint density at radius 1 is 1.08 bits per heavy atom. The van der Waals surface area contributed by atoms with E-state index in [-0.39, 0.29) is 11.2 Å². The first-order chi connectivity index (χ1) is 12.2. The minimum absolute atomic E-state index is 0.131. The lowest BCUT2D eigenvalue weighted by molar-refractivity contribution is -0.00931. The summed E-state index contributed by atoms with van der Waals surface area (Å²) in [5.74, 6) is 4.29. The smallest absolute Gasteiger partial charge is 0.208 e. The molecule has 130 valence electrons. The van der Waals surface area contributed by atoms with Crippen LogP contribution in [0, 0.1) is 17.8 Å². The van der Waals surface area contributed by atoms with Crippen molar-refractivity contribution >= 4 is 17.5 Å². The molecular formula is C20H23N3OS. The van der Waals surface area contributed by atoms with Crippen LogP contribution in [0.15, 0.2) is 35.5 Å². The summed E-state index contributed by atoms with van der Waals surface area (Å²) in [5, 5.41) is 8.36. The van der Waals surface area contributed by atoms with Crippen molar-refractivity contribution < 1.29 is 4.79 Å². The van der Waals surface area contributed by atoms with Crippen molar-refractivity contribution in [3.05, 3.63) is 41.7 Å². The van der Waals surface area contributed by atoms with Crippen LogP contribution in [-0.2, 0) is 5.41 Å². The Balaban J connectivity index is 1.29. The van der Waals surface area contributed by atoms with Crippen LogP contribution in [-0.4, -0.2) is 26.7 Å². The summed E-state index contributed by atoms with van der Waals surface area (Å²) in [6.07, 6.45) is 8.13. The number of hydrogen-bond donors (Lipinski definition) is 1. The summed E-state index contributed by atoms with van der Waals surface area (Å²) in [6, 6.07) is 9.45. The summed E-state index contributed by atoms with van der Waals surface area (Å²) in [6.45, 7) is 0. The van der Waals surface area contributed by atoms with Crippen LogP contribution in [0.4, 0.5) is 0 Å². The van der Waals surface area contributed by atoms with Crippen LogP contribution in [0.1, 0.15) is 54.7 Å². The van der Waals surface area contributed by atoms with E-state index in [0.717, 1.165) is 34.3 Å². The van der Waals surface area contributed by atoms with Crippen molar-refractivity contribution in [3.8, 4) is 0 Å². The number of carbonyl (C=O) groups is 1. The first-order valence-corrected chi connectivity index (χ1v) is 10.3. The zero-order chi connectivity index (χ0) is 16.9. The number of Topliss-reactive ketones (excluding diaryl/α,β-unsaturated/α-hetero) is 1. The van der Waals surface area contributed by atoms with Gasteiger partial charge in [0.15, 0.2) is 5.78 Å². The normalized spacial score (nSPS) is 32.9. The highest BCUT2D eigenvalue weighted by Gasteiger charge is 2.53. The van der Waals surface area contributed by atoms with Gasteiger partial charge in [-0.15, -0.1) is 5.10 Å². The Hall–Kier alpha value is -1.62. The molecule has 1 aromatic heterocycles. The molecule has 4 saturated carbocycles. The molecule has 25 heavy (non-hydrogen) atoms. The molecule has 0 aliphatic heterocycles. The molecule has 4 aliphatic rings. The molecular weight excluding hydrogens is 330 g/mol. The number of benzene rings is 1. The highest BCUT2D eigenvalue weighted by atomic mass is 32.2. The lowest BCUT2D eigenvalue weighted by Crippen LogP contribution is -2.49. The molecule has 6 rings (SSSR count). The summed E-state index contributed by atoms with van der Waals surface area (Å²) >= 11 is 1.45. The number of nitrogens with zero attached hydrogens (tertiary/aromatic N) is 2. The Morgan fingerprint density at radius 2 is 1.72 bits per heavy atom. The molecule has 1 heterocycles. The van der Waals surface area contributed by atoms with Gasteiger partial charge in [0.25, 0.3) is 0 Å². The number of thioether (sulfide) groups is 1. The number of hydrogen-bond acceptors (Lipinski definition) is 4. The lowest BCUT2D eigenvalue weighted by atomic mass is 9.49. The third-order valence-electron chi connectivity index (χ3n) is 6.43. The molecule has 0 atom stereocenters. The summed E-state index contributed by atoms with van der Waals surface area (Å²) in [4.78, 5) is 17.1. The molecule has 2 aromatic rings. The molecule has 4 fully saturated rings. The van der Waals surface area contributed by atoms with E-state index >= 15 is 0 Å². The van der Waals surface area contributed by atoms with Gasteiger partial charge in [-0.1, -0.05) is 42.1 Å². The second kappa shape index (κ2) is 5.97. The van der Waals surface area contributed by atoms with Gasteiger partial charge in [-0.05, 0) is 56.3 Å². The van der Waals surface area contributed by atoms with E-state index in [9.17, 15) is 4.79 Å². The van der Waals surface area contributed by atoms with E-state index in [4.69, 9.17) is 4.98 Å². The quantitative estimate of drug-likeness (QED) is 0.645. The molecule has 1 aromatic carbocycles. The van der Waals surface area contributed by atoms with E-state index in [1.165, 1.54) is 50.3 Å². The number of carbonyl (C=O) groups excluding carboxylic acids is 1. The third kappa shape index (κ3) is 2.82. The minimum atomic E-state index is 0.131. The maximum Gasteiger partial charge on any atom is 0.208 e. The molecule has 4 nitrogen and oxygen atoms in total. The number of aromatic amines is 1. The van der Waals surface area contributed by atoms with Crippen LogP contribution in [0.25, 0.3) is 0 Å². The number of nitrogens with one attached hydrogen (secondary N) is 1. The maximum absolute atomic E-state index is 12.3. The van der Waals surface area contributed by atoms with Gasteiger partial charge in [0.2, 0.25) is 5.16 Å². The van der Waals surface area contributed by atoms with Gasteiger partial charge in [-0.3, -0.25) is 9.89 Å². The van der Waals surface area contributed by atoms with Gasteiger partial charge in [0, 0.05) is 11.0 Å². The molecule has 0 radical (unpaired) electrons. The fourth-order valence-corrected chi connectivity index (χ4v) is 6.48. The summed E-state index contributed by atoms with van der Waals surface area (Å²) in [5.41, 5.74) is 0.996. The molecule has 0 saturated heterocycles. The van der Waals surface area contributed by atoms with Crippen LogP contribution in [0.5, 0.6) is 0 Å². The molecule has 5 heteroatoms. The Labute approximate surface area is 152 Å². The summed E-state index contributed by atoms with van der Waals surface area (Å²) in [7, 11) is 0. The average molecular weight is 353 g/mol. The van der Waals surface area contributed by atoms with E-state index in [1.807, 2.05) is 30.3 Å². The van der Waals surface area contributed by atoms with Crippen molar-refractivity contribution in [1.29, 1.82) is 0 Å².